The highest BCUT2D eigenvalue weighted by molar-refractivity contribution is 8.13. The molecule has 0 bridgehead atoms. The second-order valence-corrected chi connectivity index (χ2v) is 4.40. The molecule has 15 heavy (non-hydrogen) atoms. The quantitative estimate of drug-likeness (QED) is 0.713. The molecule has 0 fully saturated rings. The van der Waals surface area contributed by atoms with Crippen LogP contribution in [0.4, 0.5) is 0 Å². The summed E-state index contributed by atoms with van der Waals surface area (Å²) in [6.07, 6.45) is 1.92. The number of amidine groups is 1. The number of aliphatic imine (C=N–C) groups is 1. The molecule has 1 N–H and O–H groups in total. The van der Waals surface area contributed by atoms with Crippen molar-refractivity contribution < 1.29 is 9.90 Å². The molecular formula is C9H19N3O2S. The van der Waals surface area contributed by atoms with Crippen LogP contribution in [0.5, 0.6) is 0 Å². The van der Waals surface area contributed by atoms with Gasteiger partial charge in [0.25, 0.3) is 5.91 Å². The normalized spacial score (nSPS) is 18.8. The molecule has 1 amide bonds. The van der Waals surface area contributed by atoms with Gasteiger partial charge in [0.05, 0.1) is 0 Å². The van der Waals surface area contributed by atoms with E-state index in [1.807, 2.05) is 34.2 Å². The van der Waals surface area contributed by atoms with E-state index in [4.69, 9.17) is 5.11 Å². The fraction of sp³-hybridized carbons (Fsp3) is 0.778. The summed E-state index contributed by atoms with van der Waals surface area (Å²) >= 11 is 1.49. The van der Waals surface area contributed by atoms with Crippen LogP contribution in [-0.2, 0) is 4.79 Å². The summed E-state index contributed by atoms with van der Waals surface area (Å²) in [4.78, 5) is 16.1. The van der Waals surface area contributed by atoms with Gasteiger partial charge in [-0.25, -0.2) is 15.0 Å². The number of hydrogen-bond acceptors (Lipinski definition) is 5. The maximum Gasteiger partial charge on any atom is 0.270 e. The minimum atomic E-state index is -0.609. The second-order valence-electron chi connectivity index (χ2n) is 3.62. The molecule has 0 spiro atoms. The third kappa shape index (κ3) is 2.93. The zero-order valence-corrected chi connectivity index (χ0v) is 10.9. The summed E-state index contributed by atoms with van der Waals surface area (Å²) in [6.45, 7) is 3.66. The van der Waals surface area contributed by atoms with E-state index in [9.17, 15) is 4.79 Å². The fourth-order valence-electron chi connectivity index (χ4n) is 1.17. The monoisotopic (exact) mass is 233 g/mol. The molecule has 0 radical (unpaired) electrons. The van der Waals surface area contributed by atoms with E-state index in [1.54, 1.807) is 10.0 Å². The molecule has 5 nitrogen and oxygen atoms in total. The number of carbonyl (C=O) groups is 1. The maximum atomic E-state index is 11.8. The Morgan fingerprint density at radius 2 is 1.87 bits per heavy atom. The number of rotatable bonds is 1. The van der Waals surface area contributed by atoms with Crippen molar-refractivity contribution in [2.75, 3.05) is 27.5 Å². The third-order valence-electron chi connectivity index (χ3n) is 1.85. The largest absolute Gasteiger partial charge is 0.400 e. The SMILES string of the molecule is CO.CSC1=NC(C)(C)C(=O)N1N(C)C. The fourth-order valence-corrected chi connectivity index (χ4v) is 1.90. The zero-order valence-electron chi connectivity index (χ0n) is 10.1. The first kappa shape index (κ1) is 14.4. The van der Waals surface area contributed by atoms with Gasteiger partial charge < -0.3 is 5.11 Å². The van der Waals surface area contributed by atoms with Crippen molar-refractivity contribution in [3.05, 3.63) is 0 Å². The van der Waals surface area contributed by atoms with E-state index < -0.39 is 5.54 Å². The lowest BCUT2D eigenvalue weighted by Gasteiger charge is -2.25. The van der Waals surface area contributed by atoms with Gasteiger partial charge in [0.2, 0.25) is 0 Å². The molecular weight excluding hydrogens is 214 g/mol. The highest BCUT2D eigenvalue weighted by Gasteiger charge is 2.41. The average Bonchev–Trinajstić information content (AvgIpc) is 2.41. The molecule has 1 rings (SSSR count). The molecule has 6 heteroatoms. The van der Waals surface area contributed by atoms with E-state index in [0.29, 0.717) is 0 Å². The molecule has 0 saturated carbocycles. The van der Waals surface area contributed by atoms with Gasteiger partial charge in [-0.15, -0.1) is 0 Å². The van der Waals surface area contributed by atoms with Gasteiger partial charge in [-0.05, 0) is 20.1 Å². The van der Waals surface area contributed by atoms with Gasteiger partial charge in [0, 0.05) is 21.2 Å². The molecule has 0 aromatic rings. The van der Waals surface area contributed by atoms with Gasteiger partial charge >= 0.3 is 0 Å². The summed E-state index contributed by atoms with van der Waals surface area (Å²) in [6, 6.07) is 0. The van der Waals surface area contributed by atoms with Crippen LogP contribution >= 0.6 is 11.8 Å². The van der Waals surface area contributed by atoms with Crippen molar-refractivity contribution in [3.63, 3.8) is 0 Å². The minimum absolute atomic E-state index is 0.0295. The van der Waals surface area contributed by atoms with Gasteiger partial charge in [-0.2, -0.15) is 0 Å². The number of aliphatic hydroxyl groups is 1. The lowest BCUT2D eigenvalue weighted by atomic mass is 10.1. The van der Waals surface area contributed by atoms with E-state index in [2.05, 4.69) is 4.99 Å². The van der Waals surface area contributed by atoms with E-state index >= 15 is 0 Å². The Hall–Kier alpha value is -0.590. The summed E-state index contributed by atoms with van der Waals surface area (Å²) < 4.78 is 0. The first-order valence-corrected chi connectivity index (χ1v) is 5.73. The van der Waals surface area contributed by atoms with E-state index in [-0.39, 0.29) is 5.91 Å². The number of thioether (sulfide) groups is 1. The molecule has 0 atom stereocenters. The molecule has 0 unspecified atom stereocenters. The Morgan fingerprint density at radius 3 is 2.13 bits per heavy atom. The van der Waals surface area contributed by atoms with Gasteiger partial charge in [-0.1, -0.05) is 11.8 Å². The lowest BCUT2D eigenvalue weighted by Crippen LogP contribution is -2.46. The summed E-state index contributed by atoms with van der Waals surface area (Å²) in [7, 11) is 4.68. The van der Waals surface area contributed by atoms with Crippen LogP contribution in [0.25, 0.3) is 0 Å². The Morgan fingerprint density at radius 1 is 1.40 bits per heavy atom. The molecule has 1 aliphatic rings. The Bertz CT molecular complexity index is 264. The first-order valence-electron chi connectivity index (χ1n) is 4.50. The van der Waals surface area contributed by atoms with Crippen molar-refractivity contribution in [1.82, 2.24) is 10.0 Å². The van der Waals surface area contributed by atoms with Crippen LogP contribution in [0.2, 0.25) is 0 Å². The topological polar surface area (TPSA) is 56.1 Å². The first-order chi connectivity index (χ1) is 6.90. The molecule has 1 aliphatic heterocycles. The van der Waals surface area contributed by atoms with E-state index in [1.165, 1.54) is 11.8 Å². The average molecular weight is 233 g/mol. The Kier molecular flexibility index (Phi) is 5.27. The van der Waals surface area contributed by atoms with Gasteiger partial charge in [-0.3, -0.25) is 4.79 Å². The van der Waals surface area contributed by atoms with Crippen LogP contribution in [0.3, 0.4) is 0 Å². The molecule has 0 aromatic carbocycles. The van der Waals surface area contributed by atoms with Crippen molar-refractivity contribution in [2.24, 2.45) is 4.99 Å². The number of hydrazine groups is 1. The molecule has 0 aliphatic carbocycles. The number of carbonyl (C=O) groups excluding carboxylic acids is 1. The predicted octanol–water partition coefficient (Wildman–Crippen LogP) is 0.411. The van der Waals surface area contributed by atoms with Crippen LogP contribution in [0.15, 0.2) is 4.99 Å². The predicted molar refractivity (Wildman–Crippen MR) is 63.7 cm³/mol. The van der Waals surface area contributed by atoms with Crippen molar-refractivity contribution in [2.45, 2.75) is 19.4 Å². The van der Waals surface area contributed by atoms with Crippen molar-refractivity contribution >= 4 is 22.8 Å². The van der Waals surface area contributed by atoms with Gasteiger partial charge in [0.15, 0.2) is 5.17 Å². The van der Waals surface area contributed by atoms with Crippen LogP contribution in [-0.4, -0.2) is 59.2 Å². The third-order valence-corrected chi connectivity index (χ3v) is 2.48. The minimum Gasteiger partial charge on any atom is -0.400 e. The highest BCUT2D eigenvalue weighted by Crippen LogP contribution is 2.26. The number of amides is 1. The summed E-state index contributed by atoms with van der Waals surface area (Å²) in [5, 5.41) is 11.1. The second kappa shape index (κ2) is 5.48. The van der Waals surface area contributed by atoms with Crippen LogP contribution in [0, 0.1) is 0 Å². The van der Waals surface area contributed by atoms with Crippen LogP contribution in [0.1, 0.15) is 13.8 Å². The molecule has 0 aromatic heterocycles. The van der Waals surface area contributed by atoms with Crippen molar-refractivity contribution in [3.8, 4) is 0 Å². The summed E-state index contributed by atoms with van der Waals surface area (Å²) in [5.74, 6) is 0.0295. The maximum absolute atomic E-state index is 11.8. The highest BCUT2D eigenvalue weighted by atomic mass is 32.2. The van der Waals surface area contributed by atoms with Crippen molar-refractivity contribution in [1.29, 1.82) is 0 Å². The lowest BCUT2D eigenvalue weighted by molar-refractivity contribution is -0.138. The summed E-state index contributed by atoms with van der Waals surface area (Å²) in [5.41, 5.74) is -0.609. The Balaban J connectivity index is 0.000000921. The zero-order chi connectivity index (χ0) is 12.2. The van der Waals surface area contributed by atoms with Crippen LogP contribution < -0.4 is 0 Å². The molecule has 1 heterocycles. The molecule has 88 valence electrons. The standard InChI is InChI=1S/C8H15N3OS.CH4O/c1-8(2)6(12)11(10(3)4)7(9-8)13-5;1-2/h1-5H3;2H,1H3. The Labute approximate surface area is 95.1 Å². The number of nitrogens with zero attached hydrogens (tertiary/aromatic N) is 3. The van der Waals surface area contributed by atoms with E-state index in [0.717, 1.165) is 12.3 Å². The number of aliphatic hydroxyl groups excluding tert-OH is 1. The number of hydrogen-bond donors (Lipinski definition) is 1. The van der Waals surface area contributed by atoms with Gasteiger partial charge in [0.1, 0.15) is 5.54 Å². The smallest absolute Gasteiger partial charge is 0.270 e. The molecule has 0 saturated heterocycles.